The molecule has 0 heterocycles. The summed E-state index contributed by atoms with van der Waals surface area (Å²) in [6.07, 6.45) is 0. The van der Waals surface area contributed by atoms with Crippen LogP contribution in [0.2, 0.25) is 0 Å². The van der Waals surface area contributed by atoms with Crippen LogP contribution >= 0.6 is 0 Å². The standard InChI is InChI=1S/C34H26N4O10S2.Li.Na/c1-47-29-15-19(11-13-25(29)35-37-27-17-31(49(41,42)43)21-7-3-5-9-23(21)33(27)39)20-12-14-26(30(16-20)48-2)36-38-28-18-32(50(44,45)46)22-8-4-6-10-24(22)34(28)40;;/h3-18,39-40H,1-2H3,(H,41,42,43)(H,44,45,46);;/q;2*+1/p-2. The van der Waals surface area contributed by atoms with Crippen molar-refractivity contribution in [3.05, 3.63) is 97.1 Å². The smallest absolute Gasteiger partial charge is 0.871 e. The Morgan fingerprint density at radius 3 is 1.17 bits per heavy atom. The van der Waals surface area contributed by atoms with Gasteiger partial charge >= 0.3 is 48.4 Å². The molecule has 2 N–H and O–H groups in total. The van der Waals surface area contributed by atoms with Gasteiger partial charge in [-0.05, 0) is 58.3 Å². The average molecular weight is 743 g/mol. The fourth-order valence-corrected chi connectivity index (χ4v) is 6.71. The molecule has 18 heteroatoms. The van der Waals surface area contributed by atoms with E-state index in [1.54, 1.807) is 48.5 Å². The Bertz CT molecular complexity index is 2440. The molecule has 0 amide bonds. The molecule has 0 saturated heterocycles. The Hall–Kier alpha value is -4.34. The van der Waals surface area contributed by atoms with Crippen LogP contribution in [0.3, 0.4) is 0 Å². The number of fused-ring (bicyclic) bond motifs is 2. The second-order valence-electron chi connectivity index (χ2n) is 10.7. The van der Waals surface area contributed by atoms with Crippen LogP contribution in [0.4, 0.5) is 22.7 Å². The van der Waals surface area contributed by atoms with Crippen molar-refractivity contribution in [2.45, 2.75) is 9.79 Å². The normalized spacial score (nSPS) is 11.8. The van der Waals surface area contributed by atoms with E-state index in [2.05, 4.69) is 20.5 Å². The first-order valence-electron chi connectivity index (χ1n) is 14.4. The molecular weight excluding hydrogens is 718 g/mol. The van der Waals surface area contributed by atoms with Crippen LogP contribution in [0.1, 0.15) is 0 Å². The zero-order chi connectivity index (χ0) is 35.8. The van der Waals surface area contributed by atoms with Gasteiger partial charge in [-0.25, -0.2) is 0 Å². The average Bonchev–Trinajstić information content (AvgIpc) is 3.10. The molecule has 6 aromatic carbocycles. The third-order valence-corrected chi connectivity index (χ3v) is 9.44. The molecule has 0 aliphatic rings. The van der Waals surface area contributed by atoms with Gasteiger partial charge in [0.15, 0.2) is 0 Å². The molecule has 0 bridgehead atoms. The Balaban J connectivity index is 0.00000302. The Labute approximate surface area is 331 Å². The first-order chi connectivity index (χ1) is 23.8. The number of azo groups is 2. The van der Waals surface area contributed by atoms with E-state index in [0.29, 0.717) is 11.1 Å². The van der Waals surface area contributed by atoms with Crippen molar-refractivity contribution >= 4 is 64.5 Å². The van der Waals surface area contributed by atoms with Crippen LogP contribution in [0.15, 0.2) is 127 Å². The number of hydrogen-bond acceptors (Lipinski definition) is 12. The molecule has 254 valence electrons. The number of nitrogens with zero attached hydrogens (tertiary/aromatic N) is 4. The second-order valence-corrected chi connectivity index (χ2v) is 13.4. The van der Waals surface area contributed by atoms with Crippen molar-refractivity contribution in [2.24, 2.45) is 20.5 Å². The van der Waals surface area contributed by atoms with E-state index in [4.69, 9.17) is 9.47 Å². The third-order valence-electron chi connectivity index (χ3n) is 7.65. The van der Waals surface area contributed by atoms with E-state index in [0.717, 1.165) is 12.1 Å². The molecule has 0 unspecified atom stereocenters. The van der Waals surface area contributed by atoms with E-state index >= 15 is 0 Å². The number of hydrogen-bond donors (Lipinski definition) is 2. The van der Waals surface area contributed by atoms with Crippen LogP contribution in [0.25, 0.3) is 32.7 Å². The van der Waals surface area contributed by atoms with E-state index in [9.17, 15) is 36.2 Å². The van der Waals surface area contributed by atoms with Gasteiger partial charge in [-0.2, -0.15) is 27.1 Å². The molecule has 14 nitrogen and oxygen atoms in total. The molecule has 0 aliphatic heterocycles. The van der Waals surface area contributed by atoms with Gasteiger partial charge in [-0.15, -0.1) is 10.2 Å². The third kappa shape index (κ3) is 8.16. The van der Waals surface area contributed by atoms with Gasteiger partial charge in [0.25, 0.3) is 20.2 Å². The van der Waals surface area contributed by atoms with Gasteiger partial charge < -0.3 is 19.7 Å². The van der Waals surface area contributed by atoms with Crippen molar-refractivity contribution in [3.63, 3.8) is 0 Å². The summed E-state index contributed by atoms with van der Waals surface area (Å²) in [4.78, 5) is -0.955. The van der Waals surface area contributed by atoms with Gasteiger partial charge in [0, 0.05) is 10.8 Å². The van der Waals surface area contributed by atoms with Crippen molar-refractivity contribution in [1.29, 1.82) is 0 Å². The van der Waals surface area contributed by atoms with E-state index in [-0.39, 0.29) is 104 Å². The number of rotatable bonds is 9. The summed E-state index contributed by atoms with van der Waals surface area (Å²) in [6, 6.07) is 23.5. The Kier molecular flexibility index (Phi) is 12.5. The van der Waals surface area contributed by atoms with Crippen LogP contribution in [0, 0.1) is 0 Å². The molecular formula is C34H24LiN4NaO10S2. The largest absolute Gasteiger partial charge is 1.00 e. The summed E-state index contributed by atoms with van der Waals surface area (Å²) < 4.78 is 78.6. The molecule has 52 heavy (non-hydrogen) atoms. The monoisotopic (exact) mass is 742 g/mol. The molecule has 0 aromatic heterocycles. The summed E-state index contributed by atoms with van der Waals surface area (Å²) >= 11 is 0. The molecule has 0 radical (unpaired) electrons. The van der Waals surface area contributed by atoms with E-state index in [1.165, 1.54) is 50.6 Å². The summed E-state index contributed by atoms with van der Waals surface area (Å²) in [5, 5.41) is 42.4. The van der Waals surface area contributed by atoms with E-state index < -0.39 is 41.5 Å². The zero-order valence-electron chi connectivity index (χ0n) is 28.0. The molecule has 0 spiro atoms. The molecule has 6 rings (SSSR count). The van der Waals surface area contributed by atoms with Crippen molar-refractivity contribution in [2.75, 3.05) is 14.2 Å². The minimum Gasteiger partial charge on any atom is -0.871 e. The van der Waals surface area contributed by atoms with Gasteiger partial charge in [0.1, 0.15) is 32.7 Å². The summed E-state index contributed by atoms with van der Waals surface area (Å²) in [6.45, 7) is 0. The topological polar surface area (TPSA) is 223 Å². The second kappa shape index (κ2) is 16.1. The van der Waals surface area contributed by atoms with Gasteiger partial charge in [-0.1, -0.05) is 72.2 Å². The van der Waals surface area contributed by atoms with Crippen molar-refractivity contribution < 1.29 is 94.0 Å². The first kappa shape index (κ1) is 40.4. The maximum absolute atomic E-state index is 13.0. The quantitative estimate of drug-likeness (QED) is 0.122. The number of ether oxygens (including phenoxy) is 2. The van der Waals surface area contributed by atoms with Crippen LogP contribution < -0.4 is 68.1 Å². The van der Waals surface area contributed by atoms with Gasteiger partial charge in [0.05, 0.1) is 25.6 Å². The Morgan fingerprint density at radius 1 is 0.519 bits per heavy atom. The number of methoxy groups -OCH3 is 2. The maximum atomic E-state index is 13.0. The maximum Gasteiger partial charge on any atom is 1.00 e. The predicted molar refractivity (Wildman–Crippen MR) is 180 cm³/mol. The summed E-state index contributed by atoms with van der Waals surface area (Å²) in [5.74, 6) is -0.650. The minimum absolute atomic E-state index is 0. The molecule has 0 fully saturated rings. The van der Waals surface area contributed by atoms with Crippen LogP contribution in [0.5, 0.6) is 23.0 Å². The minimum atomic E-state index is -4.68. The van der Waals surface area contributed by atoms with Crippen LogP contribution in [-0.2, 0) is 20.2 Å². The predicted octanol–water partition coefficient (Wildman–Crippen LogP) is 1.16. The number of benzene rings is 6. The summed E-state index contributed by atoms with van der Waals surface area (Å²) in [7, 11) is -6.55. The van der Waals surface area contributed by atoms with E-state index in [1.807, 2.05) is 0 Å². The fourth-order valence-electron chi connectivity index (χ4n) is 5.27. The summed E-state index contributed by atoms with van der Waals surface area (Å²) in [5.41, 5.74) is 1.09. The zero-order valence-corrected chi connectivity index (χ0v) is 31.6. The van der Waals surface area contributed by atoms with Crippen molar-refractivity contribution in [1.82, 2.24) is 0 Å². The van der Waals surface area contributed by atoms with Gasteiger partial charge in [0.2, 0.25) is 0 Å². The Morgan fingerprint density at radius 2 is 0.846 bits per heavy atom. The molecule has 6 aromatic rings. The first-order valence-corrected chi connectivity index (χ1v) is 17.3. The molecule has 0 aliphatic carbocycles. The molecule has 0 atom stereocenters. The van der Waals surface area contributed by atoms with Crippen molar-refractivity contribution in [3.8, 4) is 34.1 Å². The molecule has 0 saturated carbocycles. The fraction of sp³-hybridized carbons (Fsp3) is 0.0588. The SMILES string of the molecule is COc1cc(-c2ccc(N=Nc3cc(S(=O)(=O)O)c4ccccc4c3[O-])c(OC)c2)ccc1N=Nc1cc(S(=O)(=O)O)c2ccccc2c1[O-].[Li+].[Na+]. The van der Waals surface area contributed by atoms with Crippen LogP contribution in [-0.4, -0.2) is 40.2 Å². The van der Waals surface area contributed by atoms with Gasteiger partial charge in [-0.3, -0.25) is 9.11 Å².